The zero-order valence-electron chi connectivity index (χ0n) is 13.3. The van der Waals surface area contributed by atoms with Crippen LogP contribution in [0.15, 0.2) is 42.5 Å². The summed E-state index contributed by atoms with van der Waals surface area (Å²) in [6.07, 6.45) is 4.54. The average molecular weight is 297 g/mol. The highest BCUT2D eigenvalue weighted by molar-refractivity contribution is 5.53. The molecule has 0 saturated heterocycles. The predicted octanol–water partition coefficient (Wildman–Crippen LogP) is 4.06. The van der Waals surface area contributed by atoms with Gasteiger partial charge in [-0.05, 0) is 55.0 Å². The number of methoxy groups -OCH3 is 2. The first kappa shape index (κ1) is 14.8. The first-order valence-electron chi connectivity index (χ1n) is 7.85. The monoisotopic (exact) mass is 297 g/mol. The van der Waals surface area contributed by atoms with Crippen LogP contribution in [-0.4, -0.2) is 20.3 Å². The zero-order chi connectivity index (χ0) is 15.4. The van der Waals surface area contributed by atoms with Gasteiger partial charge < -0.3 is 14.8 Å². The molecular formula is C19H23NO2. The lowest BCUT2D eigenvalue weighted by Gasteiger charge is -2.27. The van der Waals surface area contributed by atoms with Gasteiger partial charge in [-0.3, -0.25) is 0 Å². The molecule has 3 rings (SSSR count). The third kappa shape index (κ3) is 3.19. The number of aryl methyl sites for hydroxylation is 2. The van der Waals surface area contributed by atoms with Crippen molar-refractivity contribution in [2.75, 3.05) is 19.5 Å². The van der Waals surface area contributed by atoms with Crippen molar-refractivity contribution in [3.63, 3.8) is 0 Å². The van der Waals surface area contributed by atoms with E-state index in [9.17, 15) is 0 Å². The molecule has 116 valence electrons. The number of nitrogens with one attached hydrogen (secondary N) is 1. The van der Waals surface area contributed by atoms with Crippen molar-refractivity contribution < 1.29 is 9.47 Å². The molecule has 0 fully saturated rings. The molecule has 3 heteroatoms. The molecule has 1 N–H and O–H groups in total. The Bertz CT molecular complexity index is 639. The lowest BCUT2D eigenvalue weighted by molar-refractivity contribution is 0.354. The molecule has 22 heavy (non-hydrogen) atoms. The second-order valence-corrected chi connectivity index (χ2v) is 5.77. The quantitative estimate of drug-likeness (QED) is 0.902. The highest BCUT2D eigenvalue weighted by Crippen LogP contribution is 2.29. The normalized spacial score (nSPS) is 16.5. The van der Waals surface area contributed by atoms with Crippen LogP contribution in [0.4, 0.5) is 5.69 Å². The summed E-state index contributed by atoms with van der Waals surface area (Å²) in [6, 6.07) is 15.3. The van der Waals surface area contributed by atoms with E-state index in [0.29, 0.717) is 6.04 Å². The van der Waals surface area contributed by atoms with Crippen LogP contribution < -0.4 is 14.8 Å². The number of hydrogen-bond acceptors (Lipinski definition) is 3. The van der Waals surface area contributed by atoms with Gasteiger partial charge in [-0.1, -0.05) is 24.3 Å². The van der Waals surface area contributed by atoms with Gasteiger partial charge in [0.2, 0.25) is 0 Å². The Morgan fingerprint density at radius 2 is 1.86 bits per heavy atom. The van der Waals surface area contributed by atoms with Crippen LogP contribution in [0.1, 0.15) is 24.0 Å². The summed E-state index contributed by atoms with van der Waals surface area (Å²) < 4.78 is 10.7. The molecule has 1 heterocycles. The summed E-state index contributed by atoms with van der Waals surface area (Å²) >= 11 is 0. The largest absolute Gasteiger partial charge is 0.493 e. The lowest BCUT2D eigenvalue weighted by Crippen LogP contribution is -2.25. The average Bonchev–Trinajstić information content (AvgIpc) is 2.59. The molecule has 1 atom stereocenters. The SMILES string of the molecule is COc1ccc(CC[C@H]2CCc3ccccc3N2)cc1OC. The minimum absolute atomic E-state index is 0.544. The minimum Gasteiger partial charge on any atom is -0.493 e. The van der Waals surface area contributed by atoms with Crippen LogP contribution >= 0.6 is 0 Å². The maximum Gasteiger partial charge on any atom is 0.160 e. The fourth-order valence-corrected chi connectivity index (χ4v) is 3.09. The van der Waals surface area contributed by atoms with Crippen LogP contribution in [0.3, 0.4) is 0 Å². The van der Waals surface area contributed by atoms with Gasteiger partial charge in [-0.15, -0.1) is 0 Å². The highest BCUT2D eigenvalue weighted by Gasteiger charge is 2.17. The minimum atomic E-state index is 0.544. The lowest BCUT2D eigenvalue weighted by atomic mass is 9.94. The number of ether oxygens (including phenoxy) is 2. The molecule has 0 aromatic heterocycles. The fraction of sp³-hybridized carbons (Fsp3) is 0.368. The van der Waals surface area contributed by atoms with Crippen molar-refractivity contribution in [3.05, 3.63) is 53.6 Å². The first-order valence-corrected chi connectivity index (χ1v) is 7.85. The standard InChI is InChI=1S/C19H23NO2/c1-21-18-12-8-14(13-19(18)22-2)7-10-16-11-9-15-5-3-4-6-17(15)20-16/h3-6,8,12-13,16,20H,7,9-11H2,1-2H3/t16-/m0/s1. The molecule has 0 bridgehead atoms. The Labute approximate surface area is 132 Å². The number of anilines is 1. The van der Waals surface area contributed by atoms with Crippen molar-refractivity contribution >= 4 is 5.69 Å². The van der Waals surface area contributed by atoms with E-state index < -0.39 is 0 Å². The van der Waals surface area contributed by atoms with Gasteiger partial charge in [0, 0.05) is 11.7 Å². The number of fused-ring (bicyclic) bond motifs is 1. The Kier molecular flexibility index (Phi) is 4.52. The fourth-order valence-electron chi connectivity index (χ4n) is 3.09. The molecule has 0 spiro atoms. The van der Waals surface area contributed by atoms with E-state index in [4.69, 9.17) is 9.47 Å². The molecular weight excluding hydrogens is 274 g/mol. The van der Waals surface area contributed by atoms with Crippen LogP contribution in [0, 0.1) is 0 Å². The van der Waals surface area contributed by atoms with Gasteiger partial charge in [-0.2, -0.15) is 0 Å². The predicted molar refractivity (Wildman–Crippen MR) is 90.0 cm³/mol. The first-order chi connectivity index (χ1) is 10.8. The number of hydrogen-bond donors (Lipinski definition) is 1. The van der Waals surface area contributed by atoms with E-state index in [0.717, 1.165) is 24.3 Å². The second kappa shape index (κ2) is 6.73. The van der Waals surface area contributed by atoms with Crippen molar-refractivity contribution in [1.82, 2.24) is 0 Å². The Hall–Kier alpha value is -2.16. The van der Waals surface area contributed by atoms with Gasteiger partial charge >= 0.3 is 0 Å². The van der Waals surface area contributed by atoms with Crippen molar-refractivity contribution in [2.24, 2.45) is 0 Å². The Morgan fingerprint density at radius 3 is 2.68 bits per heavy atom. The summed E-state index contributed by atoms with van der Waals surface area (Å²) in [5.41, 5.74) is 4.02. The summed E-state index contributed by atoms with van der Waals surface area (Å²) in [5.74, 6) is 1.60. The van der Waals surface area contributed by atoms with Crippen molar-refractivity contribution in [3.8, 4) is 11.5 Å². The molecule has 1 aliphatic heterocycles. The molecule has 2 aromatic rings. The summed E-state index contributed by atoms with van der Waals surface area (Å²) in [6.45, 7) is 0. The van der Waals surface area contributed by atoms with Gasteiger partial charge in [0.1, 0.15) is 0 Å². The maximum atomic E-state index is 5.37. The van der Waals surface area contributed by atoms with E-state index in [1.807, 2.05) is 6.07 Å². The van der Waals surface area contributed by atoms with E-state index in [1.165, 1.54) is 29.7 Å². The summed E-state index contributed by atoms with van der Waals surface area (Å²) in [5, 5.41) is 3.66. The highest BCUT2D eigenvalue weighted by atomic mass is 16.5. The zero-order valence-corrected chi connectivity index (χ0v) is 13.3. The van der Waals surface area contributed by atoms with Crippen molar-refractivity contribution in [2.45, 2.75) is 31.7 Å². The number of rotatable bonds is 5. The number of para-hydroxylation sites is 1. The number of benzene rings is 2. The molecule has 1 aliphatic rings. The van der Waals surface area contributed by atoms with E-state index >= 15 is 0 Å². The van der Waals surface area contributed by atoms with Gasteiger partial charge in [0.25, 0.3) is 0 Å². The summed E-state index contributed by atoms with van der Waals surface area (Å²) in [4.78, 5) is 0. The third-order valence-corrected chi connectivity index (χ3v) is 4.37. The topological polar surface area (TPSA) is 30.5 Å². The molecule has 3 nitrogen and oxygen atoms in total. The second-order valence-electron chi connectivity index (χ2n) is 5.77. The van der Waals surface area contributed by atoms with Crippen molar-refractivity contribution in [1.29, 1.82) is 0 Å². The molecule has 2 aromatic carbocycles. The molecule has 0 amide bonds. The van der Waals surface area contributed by atoms with E-state index in [2.05, 4.69) is 41.7 Å². The molecule has 0 unspecified atom stereocenters. The Balaban J connectivity index is 1.62. The molecule has 0 aliphatic carbocycles. The van der Waals surface area contributed by atoms with Crippen LogP contribution in [0.5, 0.6) is 11.5 Å². The maximum absolute atomic E-state index is 5.37. The van der Waals surface area contributed by atoms with Crippen LogP contribution in [0.25, 0.3) is 0 Å². The van der Waals surface area contributed by atoms with Gasteiger partial charge in [0.05, 0.1) is 14.2 Å². The van der Waals surface area contributed by atoms with Gasteiger partial charge in [0.15, 0.2) is 11.5 Å². The van der Waals surface area contributed by atoms with Crippen LogP contribution in [-0.2, 0) is 12.8 Å². The molecule has 0 saturated carbocycles. The Morgan fingerprint density at radius 1 is 1.05 bits per heavy atom. The molecule has 0 radical (unpaired) electrons. The summed E-state index contributed by atoms with van der Waals surface area (Å²) in [7, 11) is 3.35. The van der Waals surface area contributed by atoms with E-state index in [1.54, 1.807) is 14.2 Å². The van der Waals surface area contributed by atoms with Crippen LogP contribution in [0.2, 0.25) is 0 Å². The van der Waals surface area contributed by atoms with Gasteiger partial charge in [-0.25, -0.2) is 0 Å². The smallest absolute Gasteiger partial charge is 0.160 e. The third-order valence-electron chi connectivity index (χ3n) is 4.37. The van der Waals surface area contributed by atoms with E-state index in [-0.39, 0.29) is 0 Å².